The highest BCUT2D eigenvalue weighted by atomic mass is 35.5. The SMILES string of the molecule is CC1CN(c2ncncc2CCl)CCO1. The van der Waals surface area contributed by atoms with Crippen LogP contribution in [0.25, 0.3) is 0 Å². The maximum Gasteiger partial charge on any atom is 0.136 e. The normalized spacial score (nSPS) is 21.7. The lowest BCUT2D eigenvalue weighted by atomic mass is 10.2. The maximum atomic E-state index is 5.85. The van der Waals surface area contributed by atoms with Crippen LogP contribution in [0.3, 0.4) is 0 Å². The molecule has 1 aliphatic rings. The zero-order chi connectivity index (χ0) is 10.7. The first kappa shape index (κ1) is 10.6. The van der Waals surface area contributed by atoms with Crippen LogP contribution in [-0.4, -0.2) is 35.8 Å². The molecule has 1 fully saturated rings. The van der Waals surface area contributed by atoms with Crippen LogP contribution in [0.5, 0.6) is 0 Å². The molecule has 0 bridgehead atoms. The van der Waals surface area contributed by atoms with Crippen molar-refractivity contribution in [2.45, 2.75) is 18.9 Å². The number of rotatable bonds is 2. The molecular formula is C10H14ClN3O. The second-order valence-corrected chi connectivity index (χ2v) is 3.90. The molecule has 5 heteroatoms. The molecule has 1 aromatic rings. The number of alkyl halides is 1. The van der Waals surface area contributed by atoms with Gasteiger partial charge in [0.15, 0.2) is 0 Å². The monoisotopic (exact) mass is 227 g/mol. The number of anilines is 1. The number of morpholine rings is 1. The van der Waals surface area contributed by atoms with E-state index < -0.39 is 0 Å². The average molecular weight is 228 g/mol. The minimum absolute atomic E-state index is 0.247. The van der Waals surface area contributed by atoms with Crippen LogP contribution in [-0.2, 0) is 10.6 Å². The highest BCUT2D eigenvalue weighted by Gasteiger charge is 2.19. The molecule has 82 valence electrons. The second kappa shape index (κ2) is 4.77. The summed E-state index contributed by atoms with van der Waals surface area (Å²) in [6, 6.07) is 0. The predicted octanol–water partition coefficient (Wildman–Crippen LogP) is 1.44. The Bertz CT molecular complexity index is 334. The Balaban J connectivity index is 2.20. The third-order valence-corrected chi connectivity index (χ3v) is 2.74. The van der Waals surface area contributed by atoms with E-state index in [1.54, 1.807) is 12.5 Å². The largest absolute Gasteiger partial charge is 0.375 e. The van der Waals surface area contributed by atoms with E-state index in [9.17, 15) is 0 Å². The number of hydrogen-bond acceptors (Lipinski definition) is 4. The second-order valence-electron chi connectivity index (χ2n) is 3.63. The summed E-state index contributed by atoms with van der Waals surface area (Å²) >= 11 is 5.85. The molecule has 0 spiro atoms. The Hall–Kier alpha value is -0.870. The summed E-state index contributed by atoms with van der Waals surface area (Å²) in [5, 5.41) is 0. The van der Waals surface area contributed by atoms with Gasteiger partial charge in [-0.1, -0.05) is 0 Å². The van der Waals surface area contributed by atoms with Crippen molar-refractivity contribution in [3.05, 3.63) is 18.1 Å². The Morgan fingerprint density at radius 2 is 2.53 bits per heavy atom. The lowest BCUT2D eigenvalue weighted by molar-refractivity contribution is 0.0529. The van der Waals surface area contributed by atoms with Gasteiger partial charge in [-0.05, 0) is 6.92 Å². The van der Waals surface area contributed by atoms with Gasteiger partial charge in [0.1, 0.15) is 12.1 Å². The first-order valence-electron chi connectivity index (χ1n) is 5.02. The summed E-state index contributed by atoms with van der Waals surface area (Å²) < 4.78 is 5.48. The van der Waals surface area contributed by atoms with Crippen LogP contribution in [0.2, 0.25) is 0 Å². The van der Waals surface area contributed by atoms with E-state index >= 15 is 0 Å². The van der Waals surface area contributed by atoms with Gasteiger partial charge in [-0.3, -0.25) is 0 Å². The van der Waals surface area contributed by atoms with Crippen molar-refractivity contribution < 1.29 is 4.74 Å². The standard InChI is InChI=1S/C10H14ClN3O/c1-8-6-14(2-3-15-8)10-9(4-11)5-12-7-13-10/h5,7-8H,2-4,6H2,1H3. The highest BCUT2D eigenvalue weighted by Crippen LogP contribution is 2.20. The predicted molar refractivity (Wildman–Crippen MR) is 59.2 cm³/mol. The Morgan fingerprint density at radius 1 is 1.67 bits per heavy atom. The third kappa shape index (κ3) is 2.38. The molecular weight excluding hydrogens is 214 g/mol. The summed E-state index contributed by atoms with van der Waals surface area (Å²) in [5.74, 6) is 1.39. The van der Waals surface area contributed by atoms with Crippen LogP contribution in [0.15, 0.2) is 12.5 Å². The van der Waals surface area contributed by atoms with Gasteiger partial charge >= 0.3 is 0 Å². The molecule has 2 rings (SSSR count). The smallest absolute Gasteiger partial charge is 0.136 e. The zero-order valence-corrected chi connectivity index (χ0v) is 9.44. The molecule has 0 amide bonds. The fourth-order valence-corrected chi connectivity index (χ4v) is 1.93. The number of hydrogen-bond donors (Lipinski definition) is 0. The zero-order valence-electron chi connectivity index (χ0n) is 8.69. The van der Waals surface area contributed by atoms with Crippen LogP contribution < -0.4 is 4.90 Å². The molecule has 2 heterocycles. The first-order chi connectivity index (χ1) is 7.31. The number of nitrogens with zero attached hydrogens (tertiary/aromatic N) is 3. The molecule has 0 radical (unpaired) electrons. The van der Waals surface area contributed by atoms with Gasteiger partial charge in [-0.2, -0.15) is 0 Å². The molecule has 0 N–H and O–H groups in total. The minimum Gasteiger partial charge on any atom is -0.375 e. The summed E-state index contributed by atoms with van der Waals surface area (Å²) in [4.78, 5) is 10.5. The molecule has 1 aliphatic heterocycles. The highest BCUT2D eigenvalue weighted by molar-refractivity contribution is 6.17. The Kier molecular flexibility index (Phi) is 3.38. The lowest BCUT2D eigenvalue weighted by Crippen LogP contribution is -2.42. The summed E-state index contributed by atoms with van der Waals surface area (Å²) in [7, 11) is 0. The van der Waals surface area contributed by atoms with Gasteiger partial charge in [0.25, 0.3) is 0 Å². The van der Waals surface area contributed by atoms with Crippen molar-refractivity contribution in [2.75, 3.05) is 24.6 Å². The third-order valence-electron chi connectivity index (χ3n) is 2.45. The molecule has 1 atom stereocenters. The molecule has 0 saturated carbocycles. The number of halogens is 1. The lowest BCUT2D eigenvalue weighted by Gasteiger charge is -2.32. The van der Waals surface area contributed by atoms with Crippen molar-refractivity contribution >= 4 is 17.4 Å². The average Bonchev–Trinajstić information content (AvgIpc) is 2.29. The molecule has 1 aromatic heterocycles. The van der Waals surface area contributed by atoms with E-state index in [0.29, 0.717) is 5.88 Å². The van der Waals surface area contributed by atoms with Gasteiger partial charge < -0.3 is 9.64 Å². The summed E-state index contributed by atoms with van der Waals surface area (Å²) in [6.07, 6.45) is 3.58. The van der Waals surface area contributed by atoms with E-state index in [0.717, 1.165) is 31.1 Å². The van der Waals surface area contributed by atoms with E-state index in [2.05, 4.69) is 21.8 Å². The number of aromatic nitrogens is 2. The molecule has 1 unspecified atom stereocenters. The van der Waals surface area contributed by atoms with Crippen LogP contribution in [0.1, 0.15) is 12.5 Å². The summed E-state index contributed by atoms with van der Waals surface area (Å²) in [5.41, 5.74) is 0.980. The number of ether oxygens (including phenoxy) is 1. The van der Waals surface area contributed by atoms with Crippen LogP contribution >= 0.6 is 11.6 Å². The van der Waals surface area contributed by atoms with Gasteiger partial charge in [0.2, 0.25) is 0 Å². The van der Waals surface area contributed by atoms with Crippen molar-refractivity contribution in [1.29, 1.82) is 0 Å². The van der Waals surface area contributed by atoms with Gasteiger partial charge in [0, 0.05) is 24.8 Å². The molecule has 0 aromatic carbocycles. The molecule has 4 nitrogen and oxygen atoms in total. The van der Waals surface area contributed by atoms with Gasteiger partial charge in [0.05, 0.1) is 18.6 Å². The topological polar surface area (TPSA) is 38.2 Å². The van der Waals surface area contributed by atoms with E-state index in [1.807, 2.05) is 0 Å². The van der Waals surface area contributed by atoms with Crippen molar-refractivity contribution in [1.82, 2.24) is 9.97 Å². The van der Waals surface area contributed by atoms with Gasteiger partial charge in [-0.15, -0.1) is 11.6 Å². The van der Waals surface area contributed by atoms with Gasteiger partial charge in [-0.25, -0.2) is 9.97 Å². The van der Waals surface area contributed by atoms with Crippen molar-refractivity contribution in [2.24, 2.45) is 0 Å². The molecule has 1 saturated heterocycles. The van der Waals surface area contributed by atoms with E-state index in [-0.39, 0.29) is 6.10 Å². The Morgan fingerprint density at radius 3 is 3.27 bits per heavy atom. The van der Waals surface area contributed by atoms with E-state index in [4.69, 9.17) is 16.3 Å². The minimum atomic E-state index is 0.247. The molecule has 0 aliphatic carbocycles. The van der Waals surface area contributed by atoms with E-state index in [1.165, 1.54) is 0 Å². The quantitative estimate of drug-likeness (QED) is 0.717. The van der Waals surface area contributed by atoms with Crippen LogP contribution in [0, 0.1) is 0 Å². The van der Waals surface area contributed by atoms with Crippen molar-refractivity contribution in [3.63, 3.8) is 0 Å². The van der Waals surface area contributed by atoms with Crippen LogP contribution in [0.4, 0.5) is 5.82 Å². The first-order valence-corrected chi connectivity index (χ1v) is 5.56. The fraction of sp³-hybridized carbons (Fsp3) is 0.600. The summed E-state index contributed by atoms with van der Waals surface area (Å²) in [6.45, 7) is 4.53. The molecule has 15 heavy (non-hydrogen) atoms. The van der Waals surface area contributed by atoms with Crippen molar-refractivity contribution in [3.8, 4) is 0 Å². The maximum absolute atomic E-state index is 5.85. The Labute approximate surface area is 94.2 Å². The fourth-order valence-electron chi connectivity index (χ4n) is 1.74.